The molecule has 9 rings (SSSR count). The number of carboxylic acids is 1. The molecule has 1 amide bonds. The number of hydrogen-bond donors (Lipinski definition) is 2. The fraction of sp³-hybridized carbons (Fsp3) is 0.370. The number of hydrogen-bond acceptors (Lipinski definition) is 11. The van der Waals surface area contributed by atoms with Crippen LogP contribution in [-0.2, 0) is 27.8 Å². The summed E-state index contributed by atoms with van der Waals surface area (Å²) in [5.74, 6) is -2.12. The molecule has 0 radical (unpaired) electrons. The largest absolute Gasteiger partial charge is 0.493 e. The summed E-state index contributed by atoms with van der Waals surface area (Å²) < 4.78 is 102. The molecule has 74 heavy (non-hydrogen) atoms. The molecular weight excluding hydrogens is 986 g/mol. The predicted octanol–water partition coefficient (Wildman–Crippen LogP) is 11.3. The number of carbonyl (C=O) groups is 2. The maximum atomic E-state index is 15.1. The highest BCUT2D eigenvalue weighted by Crippen LogP contribution is 2.65. The lowest BCUT2D eigenvalue weighted by atomic mass is 9.94. The van der Waals surface area contributed by atoms with E-state index in [2.05, 4.69) is 24.6 Å². The van der Waals surface area contributed by atoms with Crippen LogP contribution in [-0.4, -0.2) is 100 Å². The Balaban J connectivity index is 0.888. The lowest BCUT2D eigenvalue weighted by Crippen LogP contribution is -2.46. The van der Waals surface area contributed by atoms with Gasteiger partial charge in [0.1, 0.15) is 48.0 Å². The van der Waals surface area contributed by atoms with Gasteiger partial charge in [-0.3, -0.25) is 4.79 Å². The molecule has 2 N–H and O–H groups in total. The van der Waals surface area contributed by atoms with Gasteiger partial charge in [-0.05, 0) is 111 Å². The van der Waals surface area contributed by atoms with Crippen LogP contribution in [0.25, 0.3) is 0 Å². The monoisotopic (exact) mass is 1040 g/mol. The fourth-order valence-corrected chi connectivity index (χ4v) is 13.3. The number of carbonyl (C=O) groups excluding carboxylic acids is 1. The molecule has 20 heteroatoms. The van der Waals surface area contributed by atoms with Crippen LogP contribution in [0.15, 0.2) is 127 Å². The second-order valence-electron chi connectivity index (χ2n) is 18.8. The van der Waals surface area contributed by atoms with E-state index in [4.69, 9.17) is 18.9 Å². The second-order valence-corrected chi connectivity index (χ2v) is 21.7. The molecule has 2 unspecified atom stereocenters. The van der Waals surface area contributed by atoms with Crippen molar-refractivity contribution in [3.8, 4) is 11.5 Å². The number of aromatic nitrogens is 3. The van der Waals surface area contributed by atoms with Crippen molar-refractivity contribution in [1.82, 2.24) is 19.7 Å². The number of unbranched alkanes of at least 4 members (excludes halogenated alkanes) is 2. The normalized spacial score (nSPS) is 22.0. The highest BCUT2D eigenvalue weighted by Gasteiger charge is 2.51. The van der Waals surface area contributed by atoms with E-state index in [1.807, 2.05) is 69.3 Å². The highest BCUT2D eigenvalue weighted by atomic mass is 32.3. The molecule has 0 spiro atoms. The minimum Gasteiger partial charge on any atom is -0.493 e. The molecule has 0 aliphatic carbocycles. The molecule has 6 aromatic rings. The number of nitrogens with zero attached hydrogens (tertiary/aromatic N) is 6. The second kappa shape index (κ2) is 21.9. The number of amides is 1. The molecule has 0 bridgehead atoms. The van der Waals surface area contributed by atoms with Gasteiger partial charge in [0.2, 0.25) is 0 Å². The first-order valence-electron chi connectivity index (χ1n) is 24.5. The van der Waals surface area contributed by atoms with E-state index < -0.39 is 57.5 Å². The average Bonchev–Trinajstić information content (AvgIpc) is 4.14. The van der Waals surface area contributed by atoms with Gasteiger partial charge < -0.3 is 43.5 Å². The number of nitrogens with one attached hydrogen (secondary N) is 1. The van der Waals surface area contributed by atoms with Crippen LogP contribution in [0.1, 0.15) is 73.1 Å². The van der Waals surface area contributed by atoms with Gasteiger partial charge in [-0.2, -0.15) is 18.3 Å². The van der Waals surface area contributed by atoms with E-state index in [-0.39, 0.29) is 66.0 Å². The lowest BCUT2D eigenvalue weighted by molar-refractivity contribution is -0.138. The first-order valence-corrected chi connectivity index (χ1v) is 26.3. The Morgan fingerprint density at radius 2 is 1.62 bits per heavy atom. The van der Waals surface area contributed by atoms with Gasteiger partial charge >= 0.3 is 12.1 Å². The molecule has 14 nitrogen and oxygen atoms in total. The number of anilines is 3. The molecule has 3 aliphatic rings. The zero-order valence-corrected chi connectivity index (χ0v) is 42.0. The summed E-state index contributed by atoms with van der Waals surface area (Å²) in [4.78, 5) is 38.0. The number of carboxylic acid groups (broad SMARTS) is 1. The molecule has 3 aliphatic heterocycles. The number of rotatable bonds is 19. The van der Waals surface area contributed by atoms with E-state index in [0.717, 1.165) is 36.3 Å². The maximum Gasteiger partial charge on any atom is 0.420 e. The zero-order valence-electron chi connectivity index (χ0n) is 41.1. The number of alkyl halides is 3. The molecule has 4 atom stereocenters. The van der Waals surface area contributed by atoms with Crippen molar-refractivity contribution in [3.05, 3.63) is 156 Å². The van der Waals surface area contributed by atoms with Crippen LogP contribution in [0.5, 0.6) is 11.5 Å². The van der Waals surface area contributed by atoms with Crippen LogP contribution >= 0.6 is 10.2 Å². The highest BCUT2D eigenvalue weighted by molar-refractivity contribution is 8.46. The van der Waals surface area contributed by atoms with Crippen LogP contribution in [0.2, 0.25) is 0 Å². The third-order valence-electron chi connectivity index (χ3n) is 13.5. The van der Waals surface area contributed by atoms with Gasteiger partial charge in [-0.1, -0.05) is 48.2 Å². The van der Waals surface area contributed by atoms with Crippen LogP contribution in [0.3, 0.4) is 0 Å². The summed E-state index contributed by atoms with van der Waals surface area (Å²) >= 11 is 0. The molecule has 4 heterocycles. The summed E-state index contributed by atoms with van der Waals surface area (Å²) in [6.07, 6.45) is -0.438. The van der Waals surface area contributed by atoms with Crippen molar-refractivity contribution in [1.29, 1.82) is 0 Å². The smallest absolute Gasteiger partial charge is 0.420 e. The van der Waals surface area contributed by atoms with E-state index in [1.54, 1.807) is 23.1 Å². The Hall–Kier alpha value is -6.90. The van der Waals surface area contributed by atoms with Crippen molar-refractivity contribution < 1.29 is 55.6 Å². The Bertz CT molecular complexity index is 2910. The Morgan fingerprint density at radius 1 is 0.905 bits per heavy atom. The van der Waals surface area contributed by atoms with Crippen molar-refractivity contribution in [3.63, 3.8) is 0 Å². The number of piperazine rings is 1. The molecular formula is C54H58F5N7O7S. The van der Waals surface area contributed by atoms with Gasteiger partial charge in [0.25, 0.3) is 5.24 Å². The summed E-state index contributed by atoms with van der Waals surface area (Å²) in [5.41, 5.74) is 0.581. The van der Waals surface area contributed by atoms with Gasteiger partial charge in [-0.25, -0.2) is 23.2 Å². The van der Waals surface area contributed by atoms with Crippen molar-refractivity contribution in [2.75, 3.05) is 66.3 Å². The lowest BCUT2D eigenvalue weighted by Gasteiger charge is -2.39. The summed E-state index contributed by atoms with van der Waals surface area (Å²) in [7, 11) is -2.83. The Morgan fingerprint density at radius 3 is 2.26 bits per heavy atom. The minimum absolute atomic E-state index is 0.00353. The topological polar surface area (TPSA) is 144 Å². The maximum absolute atomic E-state index is 15.1. The first-order chi connectivity index (χ1) is 35.6. The molecule has 3 fully saturated rings. The van der Waals surface area contributed by atoms with Gasteiger partial charge in [0.15, 0.2) is 6.29 Å². The Kier molecular flexibility index (Phi) is 15.4. The van der Waals surface area contributed by atoms with Crippen LogP contribution < -0.4 is 24.0 Å². The van der Waals surface area contributed by atoms with Crippen molar-refractivity contribution in [2.24, 2.45) is 0 Å². The van der Waals surface area contributed by atoms with E-state index >= 15 is 9.18 Å². The quantitative estimate of drug-likeness (QED) is 0.0589. The molecule has 3 saturated heterocycles. The minimum atomic E-state index is -4.73. The number of aromatic carboxylic acids is 1. The summed E-state index contributed by atoms with van der Waals surface area (Å²) in [6, 6.07) is 28.0. The molecule has 5 aromatic carbocycles. The van der Waals surface area contributed by atoms with E-state index in [9.17, 15) is 27.5 Å². The summed E-state index contributed by atoms with van der Waals surface area (Å²) in [6.45, 7) is 8.66. The number of halogens is 5. The third-order valence-corrected chi connectivity index (χ3v) is 16.8. The first kappa shape index (κ1) is 52.0. The SMILES string of the molecule is CCCCCOc1ccc(NS2(c3ccc(N4CCN(c5ccc(OC[C@H]6OC[C@](Cn7cncn7)(c7ccc(F)cc7F)O6)cc5)CC4)cc3)CC(c3cccc(C(=O)O)c3)N(C(C)C)C2=O)cc1C(F)(F)F. The fourth-order valence-electron chi connectivity index (χ4n) is 9.82. The van der Waals surface area contributed by atoms with Crippen LogP contribution in [0.4, 0.5) is 43.8 Å². The van der Waals surface area contributed by atoms with Crippen molar-refractivity contribution in [2.45, 2.75) is 81.6 Å². The van der Waals surface area contributed by atoms with E-state index in [0.29, 0.717) is 48.8 Å². The van der Waals surface area contributed by atoms with Gasteiger partial charge in [0.05, 0.1) is 36.9 Å². The standard InChI is InChI=1S/C54H58F5N7O7S/c1-4-5-6-26-70-49-21-11-40(29-46(49)54(57,58)59)62-74(31-48(66(36(2)3)52(74)69)37-8-7-9-38(27-37)51(67)68)44-18-14-42(15-19-44)64-24-22-63(23-25-64)41-12-16-43(17-13-41)71-30-50-72-33-53(73-50,32-65-35-60-34-61-65)45-20-10-39(55)28-47(45)56/h7-21,27-29,34-36,48,50,62H,4-6,22-26,30-33H2,1-3H3,(H,67,68)/t48?,50-,53+/m0/s1. The van der Waals surface area contributed by atoms with Crippen molar-refractivity contribution >= 4 is 38.5 Å². The molecule has 1 aromatic heterocycles. The van der Waals surface area contributed by atoms with Crippen LogP contribution in [0, 0.1) is 11.6 Å². The number of ether oxygens (including phenoxy) is 4. The molecule has 392 valence electrons. The molecule has 0 saturated carbocycles. The van der Waals surface area contributed by atoms with E-state index in [1.165, 1.54) is 47.7 Å². The summed E-state index contributed by atoms with van der Waals surface area (Å²) in [5, 5.41) is 13.7. The average molecular weight is 1040 g/mol. The predicted molar refractivity (Wildman–Crippen MR) is 271 cm³/mol. The Labute approximate surface area is 427 Å². The van der Waals surface area contributed by atoms with Gasteiger partial charge in [-0.15, -0.1) is 0 Å². The third kappa shape index (κ3) is 11.1. The zero-order chi connectivity index (χ0) is 52.2. The number of benzene rings is 5. The van der Waals surface area contributed by atoms with Gasteiger partial charge in [0, 0.05) is 71.6 Å².